The Bertz CT molecular complexity index is 229. The highest BCUT2D eigenvalue weighted by Gasteiger charge is 2.39. The molecular weight excluding hydrogens is 154 g/mol. The lowest BCUT2D eigenvalue weighted by Crippen LogP contribution is -2.48. The fourth-order valence-electron chi connectivity index (χ4n) is 2.38. The third kappa shape index (κ3) is 0.924. The van der Waals surface area contributed by atoms with Gasteiger partial charge in [0.25, 0.3) is 0 Å². The molecule has 1 saturated carbocycles. The van der Waals surface area contributed by atoms with E-state index in [1.807, 2.05) is 0 Å². The Morgan fingerprint density at radius 1 is 1.42 bits per heavy atom. The summed E-state index contributed by atoms with van der Waals surface area (Å²) in [4.78, 5) is 12.3. The van der Waals surface area contributed by atoms with Crippen molar-refractivity contribution in [1.29, 1.82) is 0 Å². The minimum Gasteiger partial charge on any atom is -0.465 e. The van der Waals surface area contributed by atoms with Gasteiger partial charge in [-0.05, 0) is 31.6 Å². The molecule has 3 heteroatoms. The lowest BCUT2D eigenvalue weighted by molar-refractivity contribution is 0.0857. The molecule has 2 saturated heterocycles. The van der Waals surface area contributed by atoms with Crippen LogP contribution in [0.15, 0.2) is 12.3 Å². The van der Waals surface area contributed by atoms with E-state index in [-0.39, 0.29) is 6.04 Å². The first-order valence-electron chi connectivity index (χ1n) is 4.41. The van der Waals surface area contributed by atoms with Gasteiger partial charge >= 0.3 is 6.09 Å². The van der Waals surface area contributed by atoms with Gasteiger partial charge in [0.15, 0.2) is 0 Å². The van der Waals surface area contributed by atoms with E-state index in [0.717, 1.165) is 31.4 Å². The number of nitrogens with zero attached hydrogens (tertiary/aromatic N) is 1. The number of piperidine rings is 2. The van der Waals surface area contributed by atoms with Gasteiger partial charge in [0.05, 0.1) is 0 Å². The van der Waals surface area contributed by atoms with E-state index in [1.165, 1.54) is 4.90 Å². The SMILES string of the molecule is C=C1C2CCC(CC2)N1C(=O)O. The molecule has 0 aromatic rings. The van der Waals surface area contributed by atoms with Crippen molar-refractivity contribution in [2.24, 2.45) is 5.92 Å². The maximum Gasteiger partial charge on any atom is 0.411 e. The Morgan fingerprint density at radius 3 is 2.33 bits per heavy atom. The molecule has 3 aliphatic rings. The topological polar surface area (TPSA) is 40.5 Å². The van der Waals surface area contributed by atoms with Gasteiger partial charge in [-0.2, -0.15) is 0 Å². The lowest BCUT2D eigenvalue weighted by Gasteiger charge is -2.45. The van der Waals surface area contributed by atoms with Crippen molar-refractivity contribution >= 4 is 6.09 Å². The second-order valence-corrected chi connectivity index (χ2v) is 3.65. The van der Waals surface area contributed by atoms with Crippen LogP contribution in [0.25, 0.3) is 0 Å². The molecule has 0 unspecified atom stereocenters. The first-order chi connectivity index (χ1) is 5.70. The van der Waals surface area contributed by atoms with E-state index < -0.39 is 6.09 Å². The number of rotatable bonds is 0. The second kappa shape index (κ2) is 2.51. The molecule has 1 aliphatic carbocycles. The van der Waals surface area contributed by atoms with Crippen LogP contribution in [0.2, 0.25) is 0 Å². The average Bonchev–Trinajstić information content (AvgIpc) is 2.05. The summed E-state index contributed by atoms with van der Waals surface area (Å²) < 4.78 is 0. The highest BCUT2D eigenvalue weighted by Crippen LogP contribution is 2.40. The van der Waals surface area contributed by atoms with Crippen LogP contribution >= 0.6 is 0 Å². The van der Waals surface area contributed by atoms with Gasteiger partial charge in [0.2, 0.25) is 0 Å². The Labute approximate surface area is 71.7 Å². The summed E-state index contributed by atoms with van der Waals surface area (Å²) in [5, 5.41) is 8.90. The van der Waals surface area contributed by atoms with Crippen LogP contribution in [0.4, 0.5) is 4.79 Å². The van der Waals surface area contributed by atoms with Gasteiger partial charge in [-0.1, -0.05) is 6.58 Å². The molecule has 3 rings (SSSR count). The predicted molar refractivity (Wildman–Crippen MR) is 44.7 cm³/mol. The van der Waals surface area contributed by atoms with E-state index in [4.69, 9.17) is 5.11 Å². The van der Waals surface area contributed by atoms with Gasteiger partial charge in [0, 0.05) is 11.7 Å². The van der Waals surface area contributed by atoms with Crippen molar-refractivity contribution in [3.05, 3.63) is 12.3 Å². The van der Waals surface area contributed by atoms with Crippen LogP contribution in [-0.4, -0.2) is 22.1 Å². The summed E-state index contributed by atoms with van der Waals surface area (Å²) in [6.45, 7) is 3.84. The van der Waals surface area contributed by atoms with Gasteiger partial charge in [-0.25, -0.2) is 4.79 Å². The summed E-state index contributed by atoms with van der Waals surface area (Å²) >= 11 is 0. The van der Waals surface area contributed by atoms with Crippen LogP contribution < -0.4 is 0 Å². The van der Waals surface area contributed by atoms with E-state index in [0.29, 0.717) is 5.92 Å². The molecule has 66 valence electrons. The van der Waals surface area contributed by atoms with Crippen molar-refractivity contribution in [3.63, 3.8) is 0 Å². The lowest BCUT2D eigenvalue weighted by atomic mass is 9.78. The standard InChI is InChI=1S/C9H13NO2/c1-6-7-2-4-8(5-3-7)10(6)9(11)12/h7-8H,1-5H2,(H,11,12). The number of carbonyl (C=O) groups is 1. The molecule has 2 bridgehead atoms. The van der Waals surface area contributed by atoms with E-state index in [2.05, 4.69) is 6.58 Å². The summed E-state index contributed by atoms with van der Waals surface area (Å²) in [5.74, 6) is 0.436. The minimum absolute atomic E-state index is 0.222. The second-order valence-electron chi connectivity index (χ2n) is 3.65. The number of hydrogen-bond acceptors (Lipinski definition) is 1. The van der Waals surface area contributed by atoms with E-state index in [1.54, 1.807) is 0 Å². The molecule has 0 spiro atoms. The normalized spacial score (nSPS) is 34.0. The molecule has 3 nitrogen and oxygen atoms in total. The van der Waals surface area contributed by atoms with Crippen LogP contribution in [-0.2, 0) is 0 Å². The summed E-state index contributed by atoms with van der Waals surface area (Å²) in [7, 11) is 0. The zero-order valence-electron chi connectivity index (χ0n) is 6.99. The van der Waals surface area contributed by atoms with Crippen molar-refractivity contribution in [2.45, 2.75) is 31.7 Å². The molecule has 2 heterocycles. The highest BCUT2D eigenvalue weighted by molar-refractivity contribution is 5.68. The Hall–Kier alpha value is -0.990. The highest BCUT2D eigenvalue weighted by atomic mass is 16.4. The average molecular weight is 167 g/mol. The number of hydrogen-bond donors (Lipinski definition) is 1. The number of fused-ring (bicyclic) bond motifs is 3. The van der Waals surface area contributed by atoms with Crippen molar-refractivity contribution in [3.8, 4) is 0 Å². The molecule has 0 radical (unpaired) electrons. The Kier molecular flexibility index (Phi) is 1.60. The molecule has 0 aromatic heterocycles. The van der Waals surface area contributed by atoms with Crippen molar-refractivity contribution in [2.75, 3.05) is 0 Å². The van der Waals surface area contributed by atoms with Gasteiger partial charge in [0.1, 0.15) is 0 Å². The molecule has 3 fully saturated rings. The van der Waals surface area contributed by atoms with Crippen molar-refractivity contribution in [1.82, 2.24) is 4.90 Å². The summed E-state index contributed by atoms with van der Waals surface area (Å²) in [6.07, 6.45) is 3.49. The monoisotopic (exact) mass is 167 g/mol. The quantitative estimate of drug-likeness (QED) is 0.599. The largest absolute Gasteiger partial charge is 0.465 e. The number of carboxylic acid groups (broad SMARTS) is 1. The third-order valence-corrected chi connectivity index (χ3v) is 3.05. The third-order valence-electron chi connectivity index (χ3n) is 3.05. The smallest absolute Gasteiger partial charge is 0.411 e. The molecular formula is C9H13NO2. The number of amides is 1. The first-order valence-corrected chi connectivity index (χ1v) is 4.41. The van der Waals surface area contributed by atoms with E-state index >= 15 is 0 Å². The molecule has 1 N–H and O–H groups in total. The molecule has 0 atom stereocenters. The summed E-state index contributed by atoms with van der Waals surface area (Å²) in [5.41, 5.74) is 0.824. The molecule has 0 aromatic carbocycles. The van der Waals surface area contributed by atoms with Gasteiger partial charge < -0.3 is 5.11 Å². The van der Waals surface area contributed by atoms with Crippen LogP contribution in [0.3, 0.4) is 0 Å². The maximum atomic E-state index is 10.8. The zero-order chi connectivity index (χ0) is 8.72. The van der Waals surface area contributed by atoms with Crippen LogP contribution in [0.1, 0.15) is 25.7 Å². The van der Waals surface area contributed by atoms with Crippen LogP contribution in [0, 0.1) is 5.92 Å². The fourth-order valence-corrected chi connectivity index (χ4v) is 2.38. The van der Waals surface area contributed by atoms with Crippen LogP contribution in [0.5, 0.6) is 0 Å². The predicted octanol–water partition coefficient (Wildman–Crippen LogP) is 2.05. The summed E-state index contributed by atoms with van der Waals surface area (Å²) in [6, 6.07) is 0.222. The van der Waals surface area contributed by atoms with Crippen molar-refractivity contribution < 1.29 is 9.90 Å². The maximum absolute atomic E-state index is 10.8. The van der Waals surface area contributed by atoms with Gasteiger partial charge in [-0.3, -0.25) is 4.90 Å². The zero-order valence-corrected chi connectivity index (χ0v) is 6.99. The molecule has 2 aliphatic heterocycles. The fraction of sp³-hybridized carbons (Fsp3) is 0.667. The molecule has 1 amide bonds. The Morgan fingerprint density at radius 2 is 2.00 bits per heavy atom. The van der Waals surface area contributed by atoms with Gasteiger partial charge in [-0.15, -0.1) is 0 Å². The molecule has 12 heavy (non-hydrogen) atoms. The first kappa shape index (κ1) is 7.65. The van der Waals surface area contributed by atoms with E-state index in [9.17, 15) is 4.79 Å². The minimum atomic E-state index is -0.825. The number of allylic oxidation sites excluding steroid dienone is 1. The Balaban J connectivity index is 2.24.